The summed E-state index contributed by atoms with van der Waals surface area (Å²) >= 11 is 0. The lowest BCUT2D eigenvalue weighted by molar-refractivity contribution is -0.120. The van der Waals surface area contributed by atoms with E-state index in [1.165, 1.54) is 14.1 Å². The molecule has 0 aromatic rings. The van der Waals surface area contributed by atoms with Gasteiger partial charge in [-0.25, -0.2) is 4.72 Å². The number of nitrogens with zero attached hydrogens (tertiary/aromatic N) is 1. The Balaban J connectivity index is 2.56. The maximum atomic E-state index is 11.5. The van der Waals surface area contributed by atoms with Crippen molar-refractivity contribution in [2.75, 3.05) is 14.1 Å². The summed E-state index contributed by atoms with van der Waals surface area (Å²) in [5.74, 6) is -0.517. The molecule has 0 spiro atoms. The summed E-state index contributed by atoms with van der Waals surface area (Å²) in [7, 11) is -0.900. The number of hydrogen-bond acceptors (Lipinski definition) is 3. The fraction of sp³-hybridized carbons (Fsp3) is 0.667. The first kappa shape index (κ1) is 12.2. The minimum atomic E-state index is -3.65. The highest BCUT2D eigenvalue weighted by Gasteiger charge is 2.44. The van der Waals surface area contributed by atoms with Gasteiger partial charge in [0.1, 0.15) is 0 Å². The Morgan fingerprint density at radius 1 is 1.40 bits per heavy atom. The number of rotatable bonds is 4. The molecule has 0 radical (unpaired) electrons. The van der Waals surface area contributed by atoms with E-state index in [1.54, 1.807) is 0 Å². The second-order valence-corrected chi connectivity index (χ2v) is 5.93. The third-order valence-corrected chi connectivity index (χ3v) is 3.89. The van der Waals surface area contributed by atoms with Gasteiger partial charge in [0.2, 0.25) is 5.91 Å². The van der Waals surface area contributed by atoms with E-state index in [-0.39, 0.29) is 11.8 Å². The molecule has 5 nitrogen and oxygen atoms in total. The molecule has 0 saturated heterocycles. The van der Waals surface area contributed by atoms with Gasteiger partial charge >= 0.3 is 10.2 Å². The molecule has 2 unspecified atom stereocenters. The minimum absolute atomic E-state index is 0.141. The van der Waals surface area contributed by atoms with Crippen molar-refractivity contribution in [3.63, 3.8) is 0 Å². The zero-order chi connectivity index (χ0) is 11.8. The van der Waals surface area contributed by atoms with Gasteiger partial charge in [-0.15, -0.1) is 0 Å². The van der Waals surface area contributed by atoms with Crippen molar-refractivity contribution in [3.05, 3.63) is 12.2 Å². The van der Waals surface area contributed by atoms with Crippen molar-refractivity contribution < 1.29 is 13.2 Å². The Hall–Kier alpha value is -0.880. The van der Waals surface area contributed by atoms with Gasteiger partial charge in [-0.1, -0.05) is 12.2 Å². The van der Waals surface area contributed by atoms with E-state index in [2.05, 4.69) is 6.58 Å². The summed E-state index contributed by atoms with van der Waals surface area (Å²) in [5.41, 5.74) is 0.928. The van der Waals surface area contributed by atoms with Gasteiger partial charge in [0, 0.05) is 20.0 Å². The second-order valence-electron chi connectivity index (χ2n) is 4.05. The lowest BCUT2D eigenvalue weighted by Gasteiger charge is -2.11. The average Bonchev–Trinajstić information content (AvgIpc) is 2.80. The Labute approximate surface area is 90.3 Å². The number of hydrogen-bond donors (Lipinski definition) is 1. The molecule has 1 rings (SSSR count). The molecule has 15 heavy (non-hydrogen) atoms. The summed E-state index contributed by atoms with van der Waals surface area (Å²) in [6.45, 7) is 5.59. The lowest BCUT2D eigenvalue weighted by atomic mass is 10.2. The van der Waals surface area contributed by atoms with Crippen LogP contribution in [0.5, 0.6) is 0 Å². The van der Waals surface area contributed by atoms with E-state index in [0.29, 0.717) is 6.42 Å². The Bertz CT molecular complexity index is 386. The zero-order valence-electron chi connectivity index (χ0n) is 9.15. The molecule has 1 aliphatic rings. The summed E-state index contributed by atoms with van der Waals surface area (Å²) in [6, 6.07) is 0. The molecule has 0 aliphatic heterocycles. The quantitative estimate of drug-likeness (QED) is 0.700. The predicted molar refractivity (Wildman–Crippen MR) is 57.2 cm³/mol. The fourth-order valence-corrected chi connectivity index (χ4v) is 1.91. The van der Waals surface area contributed by atoms with Gasteiger partial charge in [0.05, 0.1) is 0 Å². The highest BCUT2D eigenvalue weighted by atomic mass is 32.2. The van der Waals surface area contributed by atoms with Gasteiger partial charge < -0.3 is 0 Å². The molecule has 1 saturated carbocycles. The van der Waals surface area contributed by atoms with Crippen molar-refractivity contribution in [3.8, 4) is 0 Å². The molecule has 1 amide bonds. The van der Waals surface area contributed by atoms with Crippen LogP contribution in [0, 0.1) is 11.8 Å². The highest BCUT2D eigenvalue weighted by molar-refractivity contribution is 7.87. The monoisotopic (exact) mass is 232 g/mol. The lowest BCUT2D eigenvalue weighted by Crippen LogP contribution is -2.40. The van der Waals surface area contributed by atoms with E-state index < -0.39 is 16.1 Å². The van der Waals surface area contributed by atoms with Crippen LogP contribution in [0.25, 0.3) is 0 Å². The predicted octanol–water partition coefficient (Wildman–Crippen LogP) is 0.121. The van der Waals surface area contributed by atoms with E-state index in [9.17, 15) is 13.2 Å². The molecule has 1 N–H and O–H groups in total. The van der Waals surface area contributed by atoms with Gasteiger partial charge in [-0.05, 0) is 19.3 Å². The summed E-state index contributed by atoms with van der Waals surface area (Å²) < 4.78 is 25.6. The van der Waals surface area contributed by atoms with Crippen molar-refractivity contribution in [1.29, 1.82) is 0 Å². The largest absolute Gasteiger partial charge is 0.303 e. The second kappa shape index (κ2) is 3.94. The zero-order valence-corrected chi connectivity index (χ0v) is 9.97. The topological polar surface area (TPSA) is 66.5 Å². The standard InChI is InChI=1S/C9H16N2O3S/c1-6(2)7-5-8(7)9(12)10-15(13,14)11(3)4/h7-8H,1,5H2,2-4H3,(H,10,12). The molecule has 86 valence electrons. The molecular weight excluding hydrogens is 216 g/mol. The molecule has 2 atom stereocenters. The molecular formula is C9H16N2O3S. The fourth-order valence-electron chi connectivity index (χ4n) is 1.32. The van der Waals surface area contributed by atoms with Crippen LogP contribution in [0.2, 0.25) is 0 Å². The third-order valence-electron chi connectivity index (χ3n) is 2.47. The number of nitrogens with one attached hydrogen (secondary N) is 1. The molecule has 0 bridgehead atoms. The van der Waals surface area contributed by atoms with Crippen LogP contribution in [0.3, 0.4) is 0 Å². The number of carbonyl (C=O) groups excluding carboxylic acids is 1. The van der Waals surface area contributed by atoms with Gasteiger partial charge in [-0.2, -0.15) is 12.7 Å². The SMILES string of the molecule is C=C(C)C1CC1C(=O)NS(=O)(=O)N(C)C. The van der Waals surface area contributed by atoms with Crippen LogP contribution in [-0.4, -0.2) is 32.7 Å². The van der Waals surface area contributed by atoms with Crippen molar-refractivity contribution in [2.45, 2.75) is 13.3 Å². The first-order valence-electron chi connectivity index (χ1n) is 4.65. The Morgan fingerprint density at radius 3 is 2.27 bits per heavy atom. The van der Waals surface area contributed by atoms with Gasteiger partial charge in [0.15, 0.2) is 0 Å². The first-order valence-corrected chi connectivity index (χ1v) is 6.09. The van der Waals surface area contributed by atoms with Crippen molar-refractivity contribution >= 4 is 16.1 Å². The number of carbonyl (C=O) groups is 1. The summed E-state index contributed by atoms with van der Waals surface area (Å²) in [4.78, 5) is 11.5. The maximum Gasteiger partial charge on any atom is 0.303 e. The Morgan fingerprint density at radius 2 is 1.93 bits per heavy atom. The Kier molecular flexibility index (Phi) is 3.20. The molecule has 0 heterocycles. The van der Waals surface area contributed by atoms with E-state index >= 15 is 0 Å². The normalized spacial score (nSPS) is 25.1. The van der Waals surface area contributed by atoms with Gasteiger partial charge in [0.25, 0.3) is 0 Å². The average molecular weight is 232 g/mol. The minimum Gasteiger partial charge on any atom is -0.274 e. The number of amides is 1. The molecule has 0 aromatic carbocycles. The summed E-state index contributed by atoms with van der Waals surface area (Å²) in [6.07, 6.45) is 0.699. The number of allylic oxidation sites excluding steroid dienone is 1. The first-order chi connectivity index (χ1) is 6.75. The molecule has 1 fully saturated rings. The van der Waals surface area contributed by atoms with Crippen LogP contribution in [0.15, 0.2) is 12.2 Å². The van der Waals surface area contributed by atoms with Crippen LogP contribution >= 0.6 is 0 Å². The molecule has 1 aliphatic carbocycles. The van der Waals surface area contributed by atoms with Crippen LogP contribution in [0.4, 0.5) is 0 Å². The maximum absolute atomic E-state index is 11.5. The van der Waals surface area contributed by atoms with E-state index in [0.717, 1.165) is 9.88 Å². The van der Waals surface area contributed by atoms with Crippen LogP contribution in [-0.2, 0) is 15.0 Å². The summed E-state index contributed by atoms with van der Waals surface area (Å²) in [5, 5.41) is 0. The van der Waals surface area contributed by atoms with E-state index in [4.69, 9.17) is 0 Å². The highest BCUT2D eigenvalue weighted by Crippen LogP contribution is 2.43. The smallest absolute Gasteiger partial charge is 0.274 e. The van der Waals surface area contributed by atoms with E-state index in [1.807, 2.05) is 11.6 Å². The van der Waals surface area contributed by atoms with Crippen molar-refractivity contribution in [2.24, 2.45) is 11.8 Å². The van der Waals surface area contributed by atoms with Crippen LogP contribution < -0.4 is 4.72 Å². The molecule has 0 aromatic heterocycles. The van der Waals surface area contributed by atoms with Gasteiger partial charge in [-0.3, -0.25) is 4.79 Å². The van der Waals surface area contributed by atoms with Crippen LogP contribution in [0.1, 0.15) is 13.3 Å². The third kappa shape index (κ3) is 2.79. The molecule has 6 heteroatoms. The van der Waals surface area contributed by atoms with Crippen molar-refractivity contribution in [1.82, 2.24) is 9.03 Å².